The van der Waals surface area contributed by atoms with Crippen molar-refractivity contribution in [3.8, 4) is 0 Å². The first-order valence-electron chi connectivity index (χ1n) is 44.7. The Morgan fingerprint density at radius 2 is 0.754 bits per heavy atom. The predicted molar refractivity (Wildman–Crippen MR) is 558 cm³/mol. The van der Waals surface area contributed by atoms with Crippen LogP contribution in [-0.4, -0.2) is 257 Å². The molecule has 14 rings (SSSR count). The summed E-state index contributed by atoms with van der Waals surface area (Å²) in [4.78, 5) is 102. The average molecular weight is 2140 g/mol. The van der Waals surface area contributed by atoms with Crippen LogP contribution in [0.4, 0.5) is 55.7 Å². The molecule has 4 aliphatic heterocycles. The van der Waals surface area contributed by atoms with Gasteiger partial charge in [0.05, 0.1) is 58.6 Å². The molecule has 10 heterocycles. The molecule has 0 aliphatic carbocycles. The number of fused-ring (bicyclic) bond motifs is 1. The molecule has 772 valence electrons. The molecule has 43 heteroatoms. The molecular weight excluding hydrogens is 2000 g/mol. The minimum atomic E-state index is -1.52. The number of aromatic nitrogens is 11. The number of halogens is 7. The number of piperidine rings is 1. The van der Waals surface area contributed by atoms with Crippen molar-refractivity contribution in [1.82, 2.24) is 73.9 Å². The number of rotatable bonds is 15. The smallest absolute Gasteiger partial charge is 1.00 e. The summed E-state index contributed by atoms with van der Waals surface area (Å²) in [6, 6.07) is 25.4. The molecule has 5 atom stereocenters. The molecule has 142 heavy (non-hydrogen) atoms. The molecule has 0 saturated carbocycles. The Hall–Kier alpha value is -9.95. The van der Waals surface area contributed by atoms with Gasteiger partial charge in [0.1, 0.15) is 62.9 Å². The zero-order chi connectivity index (χ0) is 101. The molecule has 10 aromatic rings. The van der Waals surface area contributed by atoms with Gasteiger partial charge in [-0.2, -0.15) is 9.50 Å². The molecule has 4 aliphatic rings. The van der Waals surface area contributed by atoms with Crippen molar-refractivity contribution in [2.75, 3.05) is 111 Å². The standard InChI is InChI=1S/C25H36FN5O3S.C24H32FN5O3S.C20H23FN4O3.C17H21FN4.C6H3BrClN3.C4H11NOS.2CH4.CH3.ClH.Mg/c1-23(2,3)34-22(32)31-14-12-30(13-15-31)21-27-16-19(17-28-21)25(7,29-35(33)24(4,5)6)18-8-10-20(26)11-9-18;1-23(2,3)33-22(31)30-13-11-29(12-14-30)21-26-15-18(16-27-21)20(28-34(32)24(4,5)6)17-7-9-19(25)10-8-17;1-20(2,3)28-19(27)25-10-8-24(9-11-25)18-22-12-15(13-23-18)17(26)14-4-6-16(21)7-5-14;1-17(19,13-5-7-15(18)8-6-13)14-11-20-16(21-12-14)22-9-3-2-4-10-22;7-4-1-5-6(8)9-3-10-11(5)2-4;1-4(2,3)7(5)6;;;;;/h8-11,16-17,29H,12-15H2,1-7H3;7-10,15-16H,11-14H2,1-6H3;4-7,12-13H,8-11H2,1-3H3;5-8,11-12H,2-4,9-10,19H2,1H3;1-3H;5H2,1-3H3;2*1H4;1H3;1H;/q;;;;;;;;-1;;+2/p-1/t25-,35-;34-;;17-;;7-;;;;;/m00.0.0...../s1. The van der Waals surface area contributed by atoms with Crippen LogP contribution in [0.3, 0.4) is 0 Å². The molecular formula is C99H137BrCl2F4MgN22O10S3. The van der Waals surface area contributed by atoms with Crippen LogP contribution in [0.25, 0.3) is 5.52 Å². The fourth-order valence-electron chi connectivity index (χ4n) is 13.1. The van der Waals surface area contributed by atoms with Crippen LogP contribution in [-0.2, 0) is 58.2 Å². The summed E-state index contributed by atoms with van der Waals surface area (Å²) < 4.78 is 114. The number of amides is 3. The quantitative estimate of drug-likeness (QED) is 0.0214. The Balaban J connectivity index is 0.000000371. The number of benzene rings is 4. The molecule has 4 fully saturated rings. The van der Waals surface area contributed by atoms with Crippen molar-refractivity contribution in [3.05, 3.63) is 250 Å². The zero-order valence-electron chi connectivity index (χ0n) is 83.4. The molecule has 5 N–H and O–H groups in total. The van der Waals surface area contributed by atoms with Crippen molar-refractivity contribution in [3.63, 3.8) is 0 Å². The Morgan fingerprint density at radius 3 is 1.09 bits per heavy atom. The van der Waals surface area contributed by atoms with E-state index in [0.717, 1.165) is 45.7 Å². The van der Waals surface area contributed by atoms with E-state index in [1.165, 1.54) is 98.6 Å². The fourth-order valence-corrected chi connectivity index (χ4v) is 15.3. The summed E-state index contributed by atoms with van der Waals surface area (Å²) in [7, 11) is -4.10. The number of piperazine rings is 3. The number of nitrogens with two attached hydrogens (primary N) is 2. The topological polar surface area (TPSA) is 380 Å². The van der Waals surface area contributed by atoms with Crippen LogP contribution < -0.4 is 47.6 Å². The number of hydrogen-bond donors (Lipinski definition) is 3. The van der Waals surface area contributed by atoms with Crippen LogP contribution in [0, 0.1) is 30.7 Å². The number of nitrogens with one attached hydrogen (secondary N) is 1. The van der Waals surface area contributed by atoms with E-state index in [-0.39, 0.29) is 104 Å². The van der Waals surface area contributed by atoms with E-state index in [2.05, 4.69) is 79.9 Å². The third-order valence-corrected chi connectivity index (χ3v) is 26.2. The minimum Gasteiger partial charge on any atom is -1.00 e. The van der Waals surface area contributed by atoms with Crippen LogP contribution in [0.15, 0.2) is 174 Å². The third-order valence-electron chi connectivity index (χ3n) is 21.1. The third kappa shape index (κ3) is 37.6. The van der Waals surface area contributed by atoms with Gasteiger partial charge in [0.25, 0.3) is 0 Å². The van der Waals surface area contributed by atoms with Gasteiger partial charge >= 0.3 is 41.3 Å². The summed E-state index contributed by atoms with van der Waals surface area (Å²) in [6.07, 6.45) is 19.1. The van der Waals surface area contributed by atoms with E-state index < -0.39 is 76.1 Å². The molecule has 3 amide bonds. The average Bonchev–Trinajstić information content (AvgIpc) is 1.32. The second kappa shape index (κ2) is 54.3. The van der Waals surface area contributed by atoms with E-state index in [1.807, 2.05) is 165 Å². The largest absolute Gasteiger partial charge is 2.00 e. The van der Waals surface area contributed by atoms with E-state index >= 15 is 0 Å². The number of carbonyl (C=O) groups excluding carboxylic acids is 4. The van der Waals surface area contributed by atoms with Crippen molar-refractivity contribution >= 4 is 143 Å². The number of nitrogens with zero attached hydrogens (tertiary/aromatic N) is 19. The normalized spacial score (nSPS) is 15.6. The Labute approximate surface area is 877 Å². The Bertz CT molecular complexity index is 5760. The van der Waals surface area contributed by atoms with Crippen molar-refractivity contribution in [2.24, 2.45) is 15.3 Å². The maximum absolute atomic E-state index is 13.6. The molecule has 4 aromatic carbocycles. The molecule has 0 unspecified atom stereocenters. The molecule has 0 bridgehead atoms. The van der Waals surface area contributed by atoms with Gasteiger partial charge in [-0.1, -0.05) is 50.7 Å². The SMILES string of the molecule is C.C.CC(C)(C)OC(=O)N1CCN(c2ncc(C(=N[S@@](=O)C(C)(C)C)c3ccc(F)cc3)cn2)CC1.CC(C)(C)OC(=O)N1CCN(c2ncc(C(=O)c3ccc(F)cc3)cn2)CC1.CC(C)(C)OC(=O)N1CCN(c2ncc([C@@](C)(N[S@@](=O)C(C)(C)C)c3ccc(F)cc3)cn2)CC1.CC(C)(C)[S@@](N)=O.C[C@](N)(c1ccc(F)cc1)c1cnc(N2CCCCC2)nc1.Clc1ncnn2cc(Br)cc12.[CH3-].[Cl-].[Mg+2]. The van der Waals surface area contributed by atoms with Gasteiger partial charge in [0.15, 0.2) is 10.9 Å². The van der Waals surface area contributed by atoms with E-state index in [0.29, 0.717) is 135 Å². The Morgan fingerprint density at radius 1 is 0.430 bits per heavy atom. The first kappa shape index (κ1) is 124. The first-order chi connectivity index (χ1) is 64.0. The van der Waals surface area contributed by atoms with Gasteiger partial charge in [0.2, 0.25) is 23.8 Å². The number of hydrogen-bond acceptors (Lipinski definition) is 25. The Kier molecular flexibility index (Phi) is 47.5. The maximum Gasteiger partial charge on any atom is 2.00 e. The summed E-state index contributed by atoms with van der Waals surface area (Å²) in [5.41, 5.74) is 9.47. The van der Waals surface area contributed by atoms with E-state index in [9.17, 15) is 49.4 Å². The predicted octanol–water partition coefficient (Wildman–Crippen LogP) is 14.6. The zero-order valence-corrected chi connectivity index (χ0v) is 90.4. The summed E-state index contributed by atoms with van der Waals surface area (Å²) in [5.74, 6) is 0.713. The van der Waals surface area contributed by atoms with Gasteiger partial charge in [0, 0.05) is 180 Å². The van der Waals surface area contributed by atoms with E-state index in [1.54, 1.807) is 92.8 Å². The summed E-state index contributed by atoms with van der Waals surface area (Å²) in [5, 5.41) is 9.46. The van der Waals surface area contributed by atoms with Crippen LogP contribution in [0.1, 0.15) is 222 Å². The second-order valence-corrected chi connectivity index (χ2v) is 45.9. The van der Waals surface area contributed by atoms with Crippen molar-refractivity contribution in [2.45, 2.75) is 215 Å². The van der Waals surface area contributed by atoms with Gasteiger partial charge in [-0.15, -0.1) is 0 Å². The molecule has 6 aromatic heterocycles. The minimum absolute atomic E-state index is 0. The summed E-state index contributed by atoms with van der Waals surface area (Å²) in [6.45, 7) is 45.6. The van der Waals surface area contributed by atoms with Gasteiger partial charge in [-0.25, -0.2) is 98.7 Å². The van der Waals surface area contributed by atoms with Gasteiger partial charge in [-0.05, 0) is 264 Å². The molecule has 32 nitrogen and oxygen atoms in total. The van der Waals surface area contributed by atoms with Gasteiger partial charge in [-0.3, -0.25) is 9.93 Å². The van der Waals surface area contributed by atoms with E-state index in [4.69, 9.17) is 36.7 Å². The molecule has 4 saturated heterocycles. The first-order valence-corrected chi connectivity index (χ1v) is 49.3. The van der Waals surface area contributed by atoms with Crippen molar-refractivity contribution < 1.29 is 76.0 Å². The van der Waals surface area contributed by atoms with Crippen molar-refractivity contribution in [1.29, 1.82) is 0 Å². The number of ether oxygens (including phenoxy) is 3. The van der Waals surface area contributed by atoms with Crippen LogP contribution >= 0.6 is 27.5 Å². The summed E-state index contributed by atoms with van der Waals surface area (Å²) >= 11 is 9.09. The fraction of sp³-hybridized carbons (Fsp3) is 0.475. The molecule has 0 spiro atoms. The number of anilines is 4. The molecule has 0 radical (unpaired) electrons. The van der Waals surface area contributed by atoms with Crippen LogP contribution in [0.2, 0.25) is 5.15 Å². The monoisotopic (exact) mass is 2140 g/mol. The number of ketones is 1. The van der Waals surface area contributed by atoms with Gasteiger partial charge < -0.3 is 74.1 Å². The number of carbonyl (C=O) groups is 4. The second-order valence-electron chi connectivity index (χ2n) is 38.9. The maximum atomic E-state index is 13.6. The van der Waals surface area contributed by atoms with Crippen LogP contribution in [0.5, 0.6) is 0 Å².